The summed E-state index contributed by atoms with van der Waals surface area (Å²) in [6.45, 7) is 2.15. The van der Waals surface area contributed by atoms with Gasteiger partial charge in [-0.25, -0.2) is 4.79 Å². The molecule has 0 atom stereocenters. The van der Waals surface area contributed by atoms with Gasteiger partial charge in [-0.15, -0.1) is 0 Å². The van der Waals surface area contributed by atoms with Crippen LogP contribution in [0.3, 0.4) is 0 Å². The lowest BCUT2D eigenvalue weighted by atomic mass is 9.87. The molecule has 0 amide bonds. The third-order valence-electron chi connectivity index (χ3n) is 5.07. The summed E-state index contributed by atoms with van der Waals surface area (Å²) in [4.78, 5) is 18.9. The lowest BCUT2D eigenvalue weighted by Gasteiger charge is -2.38. The van der Waals surface area contributed by atoms with E-state index in [9.17, 15) is 9.90 Å². The summed E-state index contributed by atoms with van der Waals surface area (Å²) >= 11 is 0. The monoisotopic (exact) mass is 336 g/mol. The second kappa shape index (κ2) is 6.29. The van der Waals surface area contributed by atoms with E-state index in [-0.39, 0.29) is 0 Å². The summed E-state index contributed by atoms with van der Waals surface area (Å²) in [6, 6.07) is 14.0. The van der Waals surface area contributed by atoms with E-state index >= 15 is 0 Å². The molecule has 0 radical (unpaired) electrons. The van der Waals surface area contributed by atoms with E-state index in [2.05, 4.69) is 28.2 Å². The van der Waals surface area contributed by atoms with Crippen molar-refractivity contribution in [3.8, 4) is 0 Å². The van der Waals surface area contributed by atoms with E-state index in [4.69, 9.17) is 4.98 Å². The Morgan fingerprint density at radius 1 is 1.12 bits per heavy atom. The lowest BCUT2D eigenvalue weighted by Crippen LogP contribution is -2.51. The molecule has 128 valence electrons. The van der Waals surface area contributed by atoms with E-state index in [0.29, 0.717) is 25.9 Å². The molecule has 6 heteroatoms. The molecule has 1 aliphatic rings. The predicted octanol–water partition coefficient (Wildman–Crippen LogP) is 2.51. The van der Waals surface area contributed by atoms with Crippen LogP contribution in [0.5, 0.6) is 0 Å². The van der Waals surface area contributed by atoms with Crippen LogP contribution in [-0.4, -0.2) is 43.8 Å². The molecule has 0 aliphatic carbocycles. The normalized spacial score (nSPS) is 17.6. The number of likely N-dealkylation sites (tertiary alicyclic amines) is 1. The van der Waals surface area contributed by atoms with Gasteiger partial charge in [0, 0.05) is 37.4 Å². The Balaban J connectivity index is 1.48. The van der Waals surface area contributed by atoms with Crippen molar-refractivity contribution in [2.24, 2.45) is 0 Å². The number of pyridine rings is 1. The molecule has 1 fully saturated rings. The minimum absolute atomic E-state index is 0.539. The van der Waals surface area contributed by atoms with Crippen molar-refractivity contribution < 1.29 is 9.90 Å². The first kappa shape index (κ1) is 15.8. The minimum atomic E-state index is -0.934. The first-order valence-electron chi connectivity index (χ1n) is 8.48. The van der Waals surface area contributed by atoms with E-state index in [0.717, 1.165) is 23.1 Å². The average Bonchev–Trinajstić information content (AvgIpc) is 3.17. The summed E-state index contributed by atoms with van der Waals surface area (Å²) in [6.07, 6.45) is 4.46. The van der Waals surface area contributed by atoms with Crippen molar-refractivity contribution in [1.82, 2.24) is 19.7 Å². The number of rotatable bonds is 4. The van der Waals surface area contributed by atoms with Crippen LogP contribution in [0.15, 0.2) is 54.9 Å². The SMILES string of the molecule is O=C(O)C1(n2cccn2)CCN(Cc2ccc3ccccc3n2)CC1. The smallest absolute Gasteiger partial charge is 0.331 e. The Hall–Kier alpha value is -2.73. The zero-order chi connectivity index (χ0) is 17.3. The number of hydrogen-bond donors (Lipinski definition) is 1. The van der Waals surface area contributed by atoms with Gasteiger partial charge in [0.05, 0.1) is 11.2 Å². The largest absolute Gasteiger partial charge is 0.479 e. The highest BCUT2D eigenvalue weighted by Crippen LogP contribution is 2.30. The van der Waals surface area contributed by atoms with Crippen LogP contribution in [0.25, 0.3) is 10.9 Å². The fraction of sp³-hybridized carbons (Fsp3) is 0.316. The van der Waals surface area contributed by atoms with Crippen LogP contribution >= 0.6 is 0 Å². The standard InChI is InChI=1S/C19H20N4O2/c24-18(25)19(23-11-3-10-20-23)8-12-22(13-9-19)14-16-7-6-15-4-1-2-5-17(15)21-16/h1-7,10-11H,8-9,12-14H2,(H,24,25). The molecule has 0 saturated carbocycles. The Labute approximate surface area is 145 Å². The van der Waals surface area contributed by atoms with Gasteiger partial charge in [-0.05, 0) is 31.0 Å². The van der Waals surface area contributed by atoms with Crippen LogP contribution in [-0.2, 0) is 16.9 Å². The van der Waals surface area contributed by atoms with Crippen molar-refractivity contribution in [2.75, 3.05) is 13.1 Å². The molecule has 4 rings (SSSR count). The second-order valence-electron chi connectivity index (χ2n) is 6.56. The zero-order valence-corrected chi connectivity index (χ0v) is 13.9. The number of carboxylic acids is 1. The molecule has 0 bridgehead atoms. The number of carbonyl (C=O) groups is 1. The number of nitrogens with zero attached hydrogens (tertiary/aromatic N) is 4. The molecule has 1 saturated heterocycles. The number of aromatic nitrogens is 3. The van der Waals surface area contributed by atoms with Crippen molar-refractivity contribution >= 4 is 16.9 Å². The van der Waals surface area contributed by atoms with Crippen LogP contribution < -0.4 is 0 Å². The molecule has 3 heterocycles. The summed E-state index contributed by atoms with van der Waals surface area (Å²) in [5, 5.41) is 15.1. The van der Waals surface area contributed by atoms with Gasteiger partial charge >= 0.3 is 5.97 Å². The second-order valence-corrected chi connectivity index (χ2v) is 6.56. The molecule has 25 heavy (non-hydrogen) atoms. The van der Waals surface area contributed by atoms with Gasteiger partial charge in [-0.1, -0.05) is 24.3 Å². The van der Waals surface area contributed by atoms with Crippen LogP contribution in [0.4, 0.5) is 0 Å². The Bertz CT molecular complexity index is 883. The van der Waals surface area contributed by atoms with Gasteiger partial charge in [0.15, 0.2) is 5.54 Å². The van der Waals surface area contributed by atoms with Gasteiger partial charge in [0.25, 0.3) is 0 Å². The summed E-state index contributed by atoms with van der Waals surface area (Å²) < 4.78 is 1.60. The summed E-state index contributed by atoms with van der Waals surface area (Å²) in [5.74, 6) is -0.806. The van der Waals surface area contributed by atoms with Gasteiger partial charge in [0.2, 0.25) is 0 Å². The topological polar surface area (TPSA) is 71.2 Å². The molecule has 0 unspecified atom stereocenters. The quantitative estimate of drug-likeness (QED) is 0.793. The highest BCUT2D eigenvalue weighted by Gasteiger charge is 2.43. The molecule has 1 aliphatic heterocycles. The predicted molar refractivity (Wildman–Crippen MR) is 94.1 cm³/mol. The number of carboxylic acid groups (broad SMARTS) is 1. The number of benzene rings is 1. The number of para-hydroxylation sites is 1. The molecule has 1 aromatic carbocycles. The first-order valence-corrected chi connectivity index (χ1v) is 8.48. The maximum atomic E-state index is 11.9. The number of aliphatic carboxylic acids is 1. The molecule has 2 aromatic heterocycles. The number of fused-ring (bicyclic) bond motifs is 1. The maximum absolute atomic E-state index is 11.9. The van der Waals surface area contributed by atoms with Crippen molar-refractivity contribution in [3.63, 3.8) is 0 Å². The maximum Gasteiger partial charge on any atom is 0.331 e. The Morgan fingerprint density at radius 3 is 2.64 bits per heavy atom. The van der Waals surface area contributed by atoms with Gasteiger partial charge < -0.3 is 5.11 Å². The molecule has 0 spiro atoms. The average molecular weight is 336 g/mol. The molecular weight excluding hydrogens is 316 g/mol. The number of piperidine rings is 1. The third kappa shape index (κ3) is 2.89. The zero-order valence-electron chi connectivity index (χ0n) is 13.9. The van der Waals surface area contributed by atoms with Crippen LogP contribution in [0, 0.1) is 0 Å². The first-order chi connectivity index (χ1) is 12.2. The molecule has 3 aromatic rings. The Kier molecular flexibility index (Phi) is 3.97. The fourth-order valence-corrected chi connectivity index (χ4v) is 3.57. The van der Waals surface area contributed by atoms with Gasteiger partial charge in [0.1, 0.15) is 0 Å². The summed E-state index contributed by atoms with van der Waals surface area (Å²) in [7, 11) is 0. The fourth-order valence-electron chi connectivity index (χ4n) is 3.57. The van der Waals surface area contributed by atoms with Crippen LogP contribution in [0.2, 0.25) is 0 Å². The lowest BCUT2D eigenvalue weighted by molar-refractivity contribution is -0.151. The minimum Gasteiger partial charge on any atom is -0.479 e. The van der Waals surface area contributed by atoms with Crippen molar-refractivity contribution in [2.45, 2.75) is 24.9 Å². The van der Waals surface area contributed by atoms with E-state index < -0.39 is 11.5 Å². The van der Waals surface area contributed by atoms with E-state index in [1.165, 1.54) is 0 Å². The highest BCUT2D eigenvalue weighted by molar-refractivity contribution is 5.78. The highest BCUT2D eigenvalue weighted by atomic mass is 16.4. The molecular formula is C19H20N4O2. The Morgan fingerprint density at radius 2 is 1.92 bits per heavy atom. The van der Waals surface area contributed by atoms with Gasteiger partial charge in [-0.2, -0.15) is 5.10 Å². The summed E-state index contributed by atoms with van der Waals surface area (Å²) in [5.41, 5.74) is 1.07. The number of hydrogen-bond acceptors (Lipinski definition) is 4. The van der Waals surface area contributed by atoms with E-state index in [1.807, 2.05) is 18.2 Å². The van der Waals surface area contributed by atoms with E-state index in [1.54, 1.807) is 23.1 Å². The third-order valence-corrected chi connectivity index (χ3v) is 5.07. The van der Waals surface area contributed by atoms with Crippen LogP contribution in [0.1, 0.15) is 18.5 Å². The molecule has 6 nitrogen and oxygen atoms in total. The van der Waals surface area contributed by atoms with Crippen molar-refractivity contribution in [3.05, 3.63) is 60.6 Å². The molecule has 1 N–H and O–H groups in total. The van der Waals surface area contributed by atoms with Crippen molar-refractivity contribution in [1.29, 1.82) is 0 Å². The van der Waals surface area contributed by atoms with Gasteiger partial charge in [-0.3, -0.25) is 14.6 Å².